The van der Waals surface area contributed by atoms with Crippen molar-refractivity contribution in [3.63, 3.8) is 0 Å². The quantitative estimate of drug-likeness (QED) is 0.882. The molecule has 0 unspecified atom stereocenters. The van der Waals surface area contributed by atoms with E-state index in [4.69, 9.17) is 23.2 Å². The minimum Gasteiger partial charge on any atom is -0.494 e. The van der Waals surface area contributed by atoms with E-state index in [0.717, 1.165) is 24.0 Å². The Morgan fingerprint density at radius 1 is 1.36 bits per heavy atom. The van der Waals surface area contributed by atoms with Gasteiger partial charge >= 0.3 is 0 Å². The highest BCUT2D eigenvalue weighted by Gasteiger charge is 2.31. The van der Waals surface area contributed by atoms with Gasteiger partial charge in [-0.3, -0.25) is 4.79 Å². The Hall–Kier alpha value is -1.65. The number of aromatic nitrogens is 1. The Morgan fingerprint density at radius 2 is 2.09 bits per heavy atom. The van der Waals surface area contributed by atoms with E-state index in [9.17, 15) is 9.90 Å². The van der Waals surface area contributed by atoms with E-state index in [1.807, 2.05) is 6.92 Å². The molecule has 1 heterocycles. The van der Waals surface area contributed by atoms with Crippen LogP contribution >= 0.6 is 23.2 Å². The van der Waals surface area contributed by atoms with E-state index in [-0.39, 0.29) is 17.8 Å². The van der Waals surface area contributed by atoms with Crippen LogP contribution in [0.25, 0.3) is 0 Å². The number of nitrogens with zero attached hydrogens (tertiary/aromatic N) is 1. The summed E-state index contributed by atoms with van der Waals surface area (Å²) in [4.78, 5) is 12.5. The van der Waals surface area contributed by atoms with Gasteiger partial charge in [0.1, 0.15) is 5.69 Å². The van der Waals surface area contributed by atoms with E-state index in [1.54, 1.807) is 28.8 Å². The fourth-order valence-electron chi connectivity index (χ4n) is 2.55. The van der Waals surface area contributed by atoms with Crippen molar-refractivity contribution < 1.29 is 9.90 Å². The lowest BCUT2D eigenvalue weighted by Gasteiger charge is -2.11. The highest BCUT2D eigenvalue weighted by atomic mass is 35.5. The molecule has 3 rings (SSSR count). The lowest BCUT2D eigenvalue weighted by atomic mass is 10.2. The highest BCUT2D eigenvalue weighted by molar-refractivity contribution is 6.35. The van der Waals surface area contributed by atoms with E-state index in [1.165, 1.54) is 0 Å². The van der Waals surface area contributed by atoms with Gasteiger partial charge < -0.3 is 15.0 Å². The molecule has 1 aromatic heterocycles. The molecule has 2 aromatic rings. The molecule has 0 saturated heterocycles. The molecule has 116 valence electrons. The van der Waals surface area contributed by atoms with Crippen molar-refractivity contribution in [2.45, 2.75) is 32.4 Å². The highest BCUT2D eigenvalue weighted by Crippen LogP contribution is 2.40. The molecule has 0 aliphatic heterocycles. The third-order valence-corrected chi connectivity index (χ3v) is 4.38. The van der Waals surface area contributed by atoms with E-state index in [0.29, 0.717) is 22.3 Å². The van der Waals surface area contributed by atoms with Crippen LogP contribution in [0.15, 0.2) is 24.3 Å². The SMILES string of the molecule is Cc1cc(O)n(C2CC2)c1C(=O)NCc1ccc(Cl)cc1Cl. The van der Waals surface area contributed by atoms with Gasteiger partial charge in [0.05, 0.1) is 0 Å². The molecule has 0 bridgehead atoms. The molecule has 0 radical (unpaired) electrons. The molecule has 2 N–H and O–H groups in total. The summed E-state index contributed by atoms with van der Waals surface area (Å²) >= 11 is 12.0. The smallest absolute Gasteiger partial charge is 0.268 e. The summed E-state index contributed by atoms with van der Waals surface area (Å²) in [6.45, 7) is 2.13. The van der Waals surface area contributed by atoms with Crippen LogP contribution in [-0.4, -0.2) is 15.6 Å². The number of amides is 1. The van der Waals surface area contributed by atoms with Crippen molar-refractivity contribution in [2.75, 3.05) is 0 Å². The third kappa shape index (κ3) is 2.94. The fraction of sp³-hybridized carbons (Fsp3) is 0.312. The first kappa shape index (κ1) is 15.3. The van der Waals surface area contributed by atoms with E-state index in [2.05, 4.69) is 5.32 Å². The van der Waals surface area contributed by atoms with Crippen LogP contribution in [0.3, 0.4) is 0 Å². The van der Waals surface area contributed by atoms with Gasteiger partial charge in [-0.1, -0.05) is 29.3 Å². The number of carbonyl (C=O) groups is 1. The van der Waals surface area contributed by atoms with E-state index < -0.39 is 0 Å². The molecule has 0 spiro atoms. The second kappa shape index (κ2) is 5.86. The van der Waals surface area contributed by atoms with Gasteiger partial charge in [0, 0.05) is 28.7 Å². The van der Waals surface area contributed by atoms with Crippen molar-refractivity contribution in [3.05, 3.63) is 51.1 Å². The third-order valence-electron chi connectivity index (χ3n) is 3.79. The van der Waals surface area contributed by atoms with Crippen molar-refractivity contribution in [3.8, 4) is 5.88 Å². The van der Waals surface area contributed by atoms with Gasteiger partial charge in [-0.25, -0.2) is 0 Å². The maximum atomic E-state index is 12.5. The maximum absolute atomic E-state index is 12.5. The molecule has 1 amide bonds. The zero-order valence-corrected chi connectivity index (χ0v) is 13.6. The van der Waals surface area contributed by atoms with Crippen molar-refractivity contribution in [1.29, 1.82) is 0 Å². The minimum absolute atomic E-state index is 0.148. The standard InChI is InChI=1S/C16H16Cl2N2O2/c1-9-6-14(21)20(12-4-5-12)15(9)16(22)19-8-10-2-3-11(17)7-13(10)18/h2-3,6-7,12,21H,4-5,8H2,1H3,(H,19,22). The molecule has 1 aliphatic carbocycles. The van der Waals surface area contributed by atoms with Crippen LogP contribution < -0.4 is 5.32 Å². The van der Waals surface area contributed by atoms with Crippen LogP contribution in [-0.2, 0) is 6.54 Å². The average molecular weight is 339 g/mol. The first-order valence-electron chi connectivity index (χ1n) is 7.10. The summed E-state index contributed by atoms with van der Waals surface area (Å²) in [5, 5.41) is 13.9. The molecule has 1 saturated carbocycles. The summed E-state index contributed by atoms with van der Waals surface area (Å²) < 4.78 is 1.72. The number of nitrogens with one attached hydrogen (secondary N) is 1. The lowest BCUT2D eigenvalue weighted by molar-refractivity contribution is 0.0939. The molecule has 1 fully saturated rings. The zero-order valence-electron chi connectivity index (χ0n) is 12.1. The molecule has 1 aliphatic rings. The number of aryl methyl sites for hydroxylation is 1. The van der Waals surface area contributed by atoms with Crippen LogP contribution in [0.1, 0.15) is 40.5 Å². The zero-order chi connectivity index (χ0) is 15.9. The minimum atomic E-state index is -0.212. The topological polar surface area (TPSA) is 54.3 Å². The lowest BCUT2D eigenvalue weighted by Crippen LogP contribution is -2.26. The van der Waals surface area contributed by atoms with Crippen molar-refractivity contribution in [1.82, 2.24) is 9.88 Å². The van der Waals surface area contributed by atoms with Crippen LogP contribution in [0.2, 0.25) is 10.0 Å². The normalized spacial score (nSPS) is 14.1. The summed E-state index contributed by atoms with van der Waals surface area (Å²) in [5.74, 6) is -0.0645. The first-order valence-corrected chi connectivity index (χ1v) is 7.86. The Bertz CT molecular complexity index is 736. The van der Waals surface area contributed by atoms with Crippen LogP contribution in [0, 0.1) is 6.92 Å². The number of carbonyl (C=O) groups excluding carboxylic acids is 1. The molecular weight excluding hydrogens is 323 g/mol. The van der Waals surface area contributed by atoms with Gasteiger partial charge in [-0.05, 0) is 43.0 Å². The summed E-state index contributed by atoms with van der Waals surface area (Å²) in [6.07, 6.45) is 1.98. The molecular formula is C16H16Cl2N2O2. The van der Waals surface area contributed by atoms with Gasteiger partial charge in [0.15, 0.2) is 5.88 Å². The number of halogens is 2. The van der Waals surface area contributed by atoms with Crippen LogP contribution in [0.4, 0.5) is 0 Å². The Labute approximate surface area is 138 Å². The summed E-state index contributed by atoms with van der Waals surface area (Å²) in [7, 11) is 0. The van der Waals surface area contributed by atoms with E-state index >= 15 is 0 Å². The molecule has 1 aromatic carbocycles. The number of rotatable bonds is 4. The van der Waals surface area contributed by atoms with Crippen molar-refractivity contribution in [2.24, 2.45) is 0 Å². The maximum Gasteiger partial charge on any atom is 0.268 e. The summed E-state index contributed by atoms with van der Waals surface area (Å²) in [5.41, 5.74) is 2.08. The van der Waals surface area contributed by atoms with Gasteiger partial charge in [-0.2, -0.15) is 0 Å². The molecule has 22 heavy (non-hydrogen) atoms. The first-order chi connectivity index (χ1) is 10.5. The number of aromatic hydroxyl groups is 1. The van der Waals surface area contributed by atoms with Gasteiger partial charge in [0.25, 0.3) is 5.91 Å². The van der Waals surface area contributed by atoms with Crippen LogP contribution in [0.5, 0.6) is 5.88 Å². The average Bonchev–Trinajstić information content (AvgIpc) is 3.23. The predicted octanol–water partition coefficient (Wildman–Crippen LogP) is 4.07. The largest absolute Gasteiger partial charge is 0.494 e. The number of benzene rings is 1. The van der Waals surface area contributed by atoms with Gasteiger partial charge in [0.2, 0.25) is 0 Å². The second-order valence-corrected chi connectivity index (χ2v) is 6.40. The monoisotopic (exact) mass is 338 g/mol. The molecule has 4 nitrogen and oxygen atoms in total. The Balaban J connectivity index is 1.78. The Kier molecular flexibility index (Phi) is 4.06. The predicted molar refractivity (Wildman–Crippen MR) is 86.7 cm³/mol. The van der Waals surface area contributed by atoms with Gasteiger partial charge in [-0.15, -0.1) is 0 Å². The Morgan fingerprint density at radius 3 is 2.73 bits per heavy atom. The molecule has 0 atom stereocenters. The van der Waals surface area contributed by atoms with Crippen molar-refractivity contribution >= 4 is 29.1 Å². The second-order valence-electron chi connectivity index (χ2n) is 5.55. The summed E-state index contributed by atoms with van der Waals surface area (Å²) in [6, 6.07) is 7.03. The fourth-order valence-corrected chi connectivity index (χ4v) is 3.03. The molecule has 6 heteroatoms. The number of hydrogen-bond donors (Lipinski definition) is 2. The number of hydrogen-bond acceptors (Lipinski definition) is 2.